The van der Waals surface area contributed by atoms with E-state index in [-0.39, 0.29) is 6.10 Å². The molecule has 17 heavy (non-hydrogen) atoms. The molecule has 0 aromatic heterocycles. The van der Waals surface area contributed by atoms with Crippen molar-refractivity contribution in [3.05, 3.63) is 23.8 Å². The van der Waals surface area contributed by atoms with E-state index < -0.39 is 12.2 Å². The third-order valence-electron chi connectivity index (χ3n) is 2.66. The van der Waals surface area contributed by atoms with E-state index in [4.69, 9.17) is 9.47 Å². The van der Waals surface area contributed by atoms with Gasteiger partial charge in [-0.2, -0.15) is 0 Å². The van der Waals surface area contributed by atoms with Gasteiger partial charge in [0.25, 0.3) is 0 Å². The average molecular weight is 240 g/mol. The number of benzene rings is 1. The fourth-order valence-corrected chi connectivity index (χ4v) is 1.39. The average Bonchev–Trinajstić information content (AvgIpc) is 2.28. The first-order chi connectivity index (χ1) is 7.95. The van der Waals surface area contributed by atoms with E-state index in [2.05, 4.69) is 0 Å². The monoisotopic (exact) mass is 240 g/mol. The summed E-state index contributed by atoms with van der Waals surface area (Å²) in [6, 6.07) is 5.23. The molecule has 0 fully saturated rings. The van der Waals surface area contributed by atoms with Gasteiger partial charge in [0.2, 0.25) is 0 Å². The fraction of sp³-hybridized carbons (Fsp3) is 0.538. The summed E-state index contributed by atoms with van der Waals surface area (Å²) in [6.45, 7) is 5.10. The van der Waals surface area contributed by atoms with Gasteiger partial charge in [-0.05, 0) is 32.9 Å². The van der Waals surface area contributed by atoms with E-state index in [1.54, 1.807) is 46.1 Å². The van der Waals surface area contributed by atoms with Crippen LogP contribution in [0.5, 0.6) is 11.5 Å². The van der Waals surface area contributed by atoms with Crippen LogP contribution in [-0.2, 0) is 0 Å². The van der Waals surface area contributed by atoms with Crippen LogP contribution in [0.25, 0.3) is 0 Å². The Bertz CT molecular complexity index is 360. The number of ether oxygens (including phenoxy) is 2. The van der Waals surface area contributed by atoms with Gasteiger partial charge in [0.15, 0.2) is 0 Å². The molecule has 1 aromatic carbocycles. The molecular formula is C13H20O4. The minimum atomic E-state index is -0.628. The summed E-state index contributed by atoms with van der Waals surface area (Å²) in [6.07, 6.45) is -1.56. The van der Waals surface area contributed by atoms with Crippen molar-refractivity contribution < 1.29 is 19.7 Å². The van der Waals surface area contributed by atoms with Crippen molar-refractivity contribution in [3.63, 3.8) is 0 Å². The summed E-state index contributed by atoms with van der Waals surface area (Å²) in [7, 11) is 1.57. The molecule has 0 aliphatic rings. The Morgan fingerprint density at radius 1 is 1.12 bits per heavy atom. The number of aliphatic hydroxyl groups excluding tert-OH is 2. The molecule has 0 spiro atoms. The smallest absolute Gasteiger partial charge is 0.129 e. The molecule has 1 aromatic rings. The van der Waals surface area contributed by atoms with E-state index >= 15 is 0 Å². The number of hydrogen-bond acceptors (Lipinski definition) is 4. The quantitative estimate of drug-likeness (QED) is 0.825. The molecule has 0 heterocycles. The normalized spacial score (nSPS) is 16.1. The molecule has 0 saturated heterocycles. The third kappa shape index (κ3) is 3.61. The van der Waals surface area contributed by atoms with Crippen LogP contribution in [0.1, 0.15) is 32.4 Å². The summed E-state index contributed by atoms with van der Waals surface area (Å²) >= 11 is 0. The van der Waals surface area contributed by atoms with Gasteiger partial charge in [0.1, 0.15) is 17.6 Å². The minimum absolute atomic E-state index is 0.348. The molecule has 2 unspecified atom stereocenters. The van der Waals surface area contributed by atoms with Gasteiger partial charge >= 0.3 is 0 Å². The van der Waals surface area contributed by atoms with Crippen LogP contribution in [-0.4, -0.2) is 29.5 Å². The molecule has 0 amide bonds. The zero-order valence-electron chi connectivity index (χ0n) is 10.7. The maximum atomic E-state index is 9.64. The van der Waals surface area contributed by atoms with E-state index in [9.17, 15) is 10.2 Å². The van der Waals surface area contributed by atoms with Crippen LogP contribution in [0.4, 0.5) is 0 Å². The summed E-state index contributed by atoms with van der Waals surface area (Å²) in [5, 5.41) is 19.1. The van der Waals surface area contributed by atoms with E-state index in [0.717, 1.165) is 0 Å². The Morgan fingerprint density at radius 3 is 2.24 bits per heavy atom. The first-order valence-electron chi connectivity index (χ1n) is 5.66. The Hall–Kier alpha value is -1.26. The fourth-order valence-electron chi connectivity index (χ4n) is 1.39. The van der Waals surface area contributed by atoms with Crippen molar-refractivity contribution >= 4 is 0 Å². The molecule has 3 atom stereocenters. The molecule has 4 heteroatoms. The second-order valence-corrected chi connectivity index (χ2v) is 4.14. The molecular weight excluding hydrogens is 220 g/mol. The van der Waals surface area contributed by atoms with Crippen molar-refractivity contribution in [3.8, 4) is 11.5 Å². The molecule has 4 nitrogen and oxygen atoms in total. The second-order valence-electron chi connectivity index (χ2n) is 4.14. The zero-order chi connectivity index (χ0) is 13.0. The first-order valence-corrected chi connectivity index (χ1v) is 5.66. The van der Waals surface area contributed by atoms with Gasteiger partial charge in [-0.1, -0.05) is 0 Å². The van der Waals surface area contributed by atoms with Crippen molar-refractivity contribution in [2.45, 2.75) is 39.1 Å². The molecule has 0 saturated carbocycles. The molecule has 0 bridgehead atoms. The Kier molecular flexibility index (Phi) is 4.78. The number of aliphatic hydroxyl groups is 2. The predicted molar refractivity (Wildman–Crippen MR) is 65.4 cm³/mol. The lowest BCUT2D eigenvalue weighted by Crippen LogP contribution is -2.26. The maximum Gasteiger partial charge on any atom is 0.129 e. The van der Waals surface area contributed by atoms with Gasteiger partial charge < -0.3 is 19.7 Å². The minimum Gasteiger partial charge on any atom is -0.497 e. The summed E-state index contributed by atoms with van der Waals surface area (Å²) < 4.78 is 10.7. The van der Waals surface area contributed by atoms with Crippen molar-refractivity contribution in [2.75, 3.05) is 7.11 Å². The van der Waals surface area contributed by atoms with Crippen molar-refractivity contribution in [2.24, 2.45) is 0 Å². The second kappa shape index (κ2) is 5.89. The van der Waals surface area contributed by atoms with Gasteiger partial charge in [0.05, 0.1) is 19.3 Å². The lowest BCUT2D eigenvalue weighted by Gasteiger charge is -2.21. The highest BCUT2D eigenvalue weighted by atomic mass is 16.5. The molecule has 0 aliphatic heterocycles. The van der Waals surface area contributed by atoms with E-state index in [1.807, 2.05) is 0 Å². The maximum absolute atomic E-state index is 9.64. The van der Waals surface area contributed by atoms with Gasteiger partial charge in [-0.15, -0.1) is 0 Å². The van der Waals surface area contributed by atoms with Crippen LogP contribution in [0.15, 0.2) is 18.2 Å². The van der Waals surface area contributed by atoms with E-state index in [0.29, 0.717) is 17.1 Å². The van der Waals surface area contributed by atoms with Crippen molar-refractivity contribution in [1.29, 1.82) is 0 Å². The highest BCUT2D eigenvalue weighted by molar-refractivity contribution is 5.42. The zero-order valence-corrected chi connectivity index (χ0v) is 10.7. The molecule has 2 N–H and O–H groups in total. The van der Waals surface area contributed by atoms with Crippen LogP contribution in [0.3, 0.4) is 0 Å². The molecule has 1 rings (SSSR count). The standard InChI is InChI=1S/C13H20O4/c1-8(14)10(3)17-13-7-11(16-4)5-6-12(13)9(2)15/h5-10,14-15H,1-4H3/t8?,9-,10?/m0/s1. The van der Waals surface area contributed by atoms with Gasteiger partial charge in [0, 0.05) is 11.6 Å². The van der Waals surface area contributed by atoms with Crippen LogP contribution < -0.4 is 9.47 Å². The SMILES string of the molecule is COc1ccc([C@H](C)O)c(OC(C)C(C)O)c1. The molecule has 96 valence electrons. The number of methoxy groups -OCH3 is 1. The third-order valence-corrected chi connectivity index (χ3v) is 2.66. The predicted octanol–water partition coefficient (Wildman–Crippen LogP) is 1.90. The highest BCUT2D eigenvalue weighted by Crippen LogP contribution is 2.30. The van der Waals surface area contributed by atoms with Crippen molar-refractivity contribution in [1.82, 2.24) is 0 Å². The Morgan fingerprint density at radius 2 is 1.76 bits per heavy atom. The topological polar surface area (TPSA) is 58.9 Å². The summed E-state index contributed by atoms with van der Waals surface area (Å²) in [5.74, 6) is 1.19. The van der Waals surface area contributed by atoms with Gasteiger partial charge in [-0.25, -0.2) is 0 Å². The van der Waals surface area contributed by atoms with Gasteiger partial charge in [-0.3, -0.25) is 0 Å². The lowest BCUT2D eigenvalue weighted by molar-refractivity contribution is 0.0576. The largest absolute Gasteiger partial charge is 0.497 e. The summed E-state index contributed by atoms with van der Waals surface area (Å²) in [4.78, 5) is 0. The molecule has 0 aliphatic carbocycles. The van der Waals surface area contributed by atoms with Crippen LogP contribution >= 0.6 is 0 Å². The Balaban J connectivity index is 3.00. The highest BCUT2D eigenvalue weighted by Gasteiger charge is 2.16. The van der Waals surface area contributed by atoms with Crippen LogP contribution in [0.2, 0.25) is 0 Å². The first kappa shape index (κ1) is 13.8. The summed E-state index contributed by atoms with van der Waals surface area (Å²) in [5.41, 5.74) is 0.679. The number of rotatable bonds is 5. The lowest BCUT2D eigenvalue weighted by atomic mass is 10.1. The van der Waals surface area contributed by atoms with E-state index in [1.165, 1.54) is 0 Å². The van der Waals surface area contributed by atoms with Crippen LogP contribution in [0, 0.1) is 0 Å². The number of hydrogen-bond donors (Lipinski definition) is 2. The molecule has 0 radical (unpaired) electrons. The Labute approximate surface area is 102 Å².